The molecule has 0 aromatic carbocycles. The Bertz CT molecular complexity index is 472. The van der Waals surface area contributed by atoms with Crippen LogP contribution >= 0.6 is 24.0 Å². The Hall–Kier alpha value is -0.860. The molecule has 0 aliphatic carbocycles. The summed E-state index contributed by atoms with van der Waals surface area (Å²) in [5.41, 5.74) is 5.89. The van der Waals surface area contributed by atoms with Gasteiger partial charge in [0.15, 0.2) is 11.8 Å². The van der Waals surface area contributed by atoms with Crippen molar-refractivity contribution in [2.24, 2.45) is 16.6 Å². The third kappa shape index (κ3) is 5.12. The van der Waals surface area contributed by atoms with Gasteiger partial charge in [-0.05, 0) is 18.8 Å². The van der Waals surface area contributed by atoms with E-state index in [4.69, 9.17) is 10.3 Å². The zero-order valence-corrected chi connectivity index (χ0v) is 15.6. The van der Waals surface area contributed by atoms with E-state index in [0.29, 0.717) is 24.2 Å². The van der Waals surface area contributed by atoms with E-state index in [1.165, 1.54) is 12.8 Å². The minimum absolute atomic E-state index is 0. The molecular formula is C14H26IN5O. The zero-order valence-electron chi connectivity index (χ0n) is 13.3. The summed E-state index contributed by atoms with van der Waals surface area (Å²) in [5, 5.41) is 3.94. The van der Waals surface area contributed by atoms with Gasteiger partial charge in [0.1, 0.15) is 6.54 Å². The number of hydrogen-bond acceptors (Lipinski definition) is 4. The van der Waals surface area contributed by atoms with Gasteiger partial charge in [-0.3, -0.25) is 0 Å². The van der Waals surface area contributed by atoms with Gasteiger partial charge < -0.3 is 15.2 Å². The standard InChI is InChI=1S/C14H25N5O.HI/c1-10-5-7-19(8-6-10)13(15)16-9-11-17-12(20-18-11)14(2,3)4;/h10H,5-9H2,1-4H3,(H2,15,16);1H. The molecule has 120 valence electrons. The summed E-state index contributed by atoms with van der Waals surface area (Å²) in [6, 6.07) is 0. The van der Waals surface area contributed by atoms with Gasteiger partial charge in [0.25, 0.3) is 0 Å². The van der Waals surface area contributed by atoms with Crippen LogP contribution in [-0.4, -0.2) is 34.1 Å². The predicted molar refractivity (Wildman–Crippen MR) is 93.7 cm³/mol. The summed E-state index contributed by atoms with van der Waals surface area (Å²) in [5.74, 6) is 2.58. The fraction of sp³-hybridized carbons (Fsp3) is 0.786. The van der Waals surface area contributed by atoms with Crippen LogP contribution in [0.3, 0.4) is 0 Å². The quantitative estimate of drug-likeness (QED) is 0.463. The van der Waals surface area contributed by atoms with Gasteiger partial charge in [0, 0.05) is 18.5 Å². The van der Waals surface area contributed by atoms with E-state index < -0.39 is 0 Å². The lowest BCUT2D eigenvalue weighted by Gasteiger charge is -2.30. The molecule has 21 heavy (non-hydrogen) atoms. The molecule has 1 aliphatic heterocycles. The first kappa shape index (κ1) is 18.2. The number of guanidine groups is 1. The van der Waals surface area contributed by atoms with E-state index in [0.717, 1.165) is 19.0 Å². The first-order chi connectivity index (χ1) is 9.36. The zero-order chi connectivity index (χ0) is 14.8. The Labute approximate surface area is 143 Å². The van der Waals surface area contributed by atoms with Gasteiger partial charge in [-0.1, -0.05) is 32.9 Å². The molecule has 0 atom stereocenters. The Morgan fingerprint density at radius 2 is 2.00 bits per heavy atom. The molecule has 0 saturated carbocycles. The Morgan fingerprint density at radius 3 is 2.52 bits per heavy atom. The van der Waals surface area contributed by atoms with Gasteiger partial charge in [0.05, 0.1) is 0 Å². The smallest absolute Gasteiger partial charge is 0.232 e. The maximum atomic E-state index is 6.02. The number of nitrogens with two attached hydrogens (primary N) is 1. The minimum Gasteiger partial charge on any atom is -0.370 e. The van der Waals surface area contributed by atoms with Crippen LogP contribution in [0, 0.1) is 5.92 Å². The summed E-state index contributed by atoms with van der Waals surface area (Å²) < 4.78 is 5.24. The molecular weight excluding hydrogens is 381 g/mol. The average molecular weight is 407 g/mol. The van der Waals surface area contributed by atoms with Gasteiger partial charge in [-0.15, -0.1) is 24.0 Å². The molecule has 2 heterocycles. The minimum atomic E-state index is -0.135. The largest absolute Gasteiger partial charge is 0.370 e. The fourth-order valence-corrected chi connectivity index (χ4v) is 2.11. The normalized spacial score (nSPS) is 17.7. The molecule has 0 spiro atoms. The van der Waals surface area contributed by atoms with E-state index in [1.807, 2.05) is 20.8 Å². The molecule has 2 rings (SSSR count). The lowest BCUT2D eigenvalue weighted by Crippen LogP contribution is -2.42. The second-order valence-corrected chi connectivity index (χ2v) is 6.61. The van der Waals surface area contributed by atoms with Crippen LogP contribution in [0.25, 0.3) is 0 Å². The van der Waals surface area contributed by atoms with Crippen molar-refractivity contribution in [1.29, 1.82) is 0 Å². The second-order valence-electron chi connectivity index (χ2n) is 6.61. The van der Waals surface area contributed by atoms with E-state index in [2.05, 4.69) is 27.0 Å². The molecule has 2 N–H and O–H groups in total. The molecule has 7 heteroatoms. The van der Waals surface area contributed by atoms with Gasteiger partial charge in [0.2, 0.25) is 5.89 Å². The molecule has 0 amide bonds. The van der Waals surface area contributed by atoms with Crippen molar-refractivity contribution in [3.63, 3.8) is 0 Å². The van der Waals surface area contributed by atoms with Crippen molar-refractivity contribution in [1.82, 2.24) is 15.0 Å². The molecule has 6 nitrogen and oxygen atoms in total. The highest BCUT2D eigenvalue weighted by molar-refractivity contribution is 14.0. The van der Waals surface area contributed by atoms with Crippen LogP contribution in [0.4, 0.5) is 0 Å². The second kappa shape index (κ2) is 7.42. The van der Waals surface area contributed by atoms with Crippen molar-refractivity contribution in [3.05, 3.63) is 11.7 Å². The lowest BCUT2D eigenvalue weighted by atomic mass is 9.97. The maximum absolute atomic E-state index is 6.02. The van der Waals surface area contributed by atoms with Crippen LogP contribution in [0.1, 0.15) is 52.3 Å². The Morgan fingerprint density at radius 1 is 1.38 bits per heavy atom. The van der Waals surface area contributed by atoms with Crippen molar-refractivity contribution in [3.8, 4) is 0 Å². The lowest BCUT2D eigenvalue weighted by molar-refractivity contribution is 0.277. The number of halogens is 1. The number of hydrogen-bond donors (Lipinski definition) is 1. The fourth-order valence-electron chi connectivity index (χ4n) is 2.11. The van der Waals surface area contributed by atoms with Crippen molar-refractivity contribution in [2.75, 3.05) is 13.1 Å². The molecule has 1 aromatic rings. The maximum Gasteiger partial charge on any atom is 0.232 e. The monoisotopic (exact) mass is 407 g/mol. The highest BCUT2D eigenvalue weighted by atomic mass is 127. The van der Waals surface area contributed by atoms with Gasteiger partial charge >= 0.3 is 0 Å². The van der Waals surface area contributed by atoms with E-state index in [1.54, 1.807) is 0 Å². The summed E-state index contributed by atoms with van der Waals surface area (Å²) in [7, 11) is 0. The summed E-state index contributed by atoms with van der Waals surface area (Å²) in [6.45, 7) is 10.7. The summed E-state index contributed by atoms with van der Waals surface area (Å²) in [6.07, 6.45) is 2.35. The molecule has 1 aliphatic rings. The number of piperidine rings is 1. The van der Waals surface area contributed by atoms with Gasteiger partial charge in [-0.25, -0.2) is 4.99 Å². The summed E-state index contributed by atoms with van der Waals surface area (Å²) in [4.78, 5) is 10.9. The van der Waals surface area contributed by atoms with Crippen LogP contribution in [0.5, 0.6) is 0 Å². The highest BCUT2D eigenvalue weighted by Crippen LogP contribution is 2.20. The number of rotatable bonds is 2. The van der Waals surface area contributed by atoms with Crippen LogP contribution in [0.15, 0.2) is 9.52 Å². The van der Waals surface area contributed by atoms with Crippen LogP contribution in [0.2, 0.25) is 0 Å². The average Bonchev–Trinajstić information content (AvgIpc) is 2.85. The first-order valence-corrected chi connectivity index (χ1v) is 7.24. The Kier molecular flexibility index (Phi) is 6.42. The Balaban J connectivity index is 0.00000220. The molecule has 0 unspecified atom stereocenters. The van der Waals surface area contributed by atoms with Crippen molar-refractivity contribution in [2.45, 2.75) is 52.5 Å². The predicted octanol–water partition coefficient (Wildman–Crippen LogP) is 2.53. The van der Waals surface area contributed by atoms with Gasteiger partial charge in [-0.2, -0.15) is 4.98 Å². The van der Waals surface area contributed by atoms with E-state index >= 15 is 0 Å². The number of nitrogens with zero attached hydrogens (tertiary/aromatic N) is 4. The van der Waals surface area contributed by atoms with Crippen molar-refractivity contribution >= 4 is 29.9 Å². The van der Waals surface area contributed by atoms with E-state index in [9.17, 15) is 0 Å². The molecule has 1 fully saturated rings. The molecule has 1 saturated heterocycles. The third-order valence-electron chi connectivity index (χ3n) is 3.60. The number of aromatic nitrogens is 2. The van der Waals surface area contributed by atoms with E-state index in [-0.39, 0.29) is 29.4 Å². The molecule has 1 aromatic heterocycles. The highest BCUT2D eigenvalue weighted by Gasteiger charge is 2.22. The number of likely N-dealkylation sites (tertiary alicyclic amines) is 1. The first-order valence-electron chi connectivity index (χ1n) is 7.24. The SMILES string of the molecule is CC1CCN(C(N)=NCc2noc(C(C)(C)C)n2)CC1.I. The number of aliphatic imine (C=N–C) groups is 1. The third-order valence-corrected chi connectivity index (χ3v) is 3.60. The van der Waals surface area contributed by atoms with Crippen molar-refractivity contribution < 1.29 is 4.52 Å². The molecule has 0 bridgehead atoms. The topological polar surface area (TPSA) is 80.5 Å². The van der Waals surface area contributed by atoms with Crippen LogP contribution < -0.4 is 5.73 Å². The summed E-state index contributed by atoms with van der Waals surface area (Å²) >= 11 is 0. The molecule has 0 radical (unpaired) electrons. The van der Waals surface area contributed by atoms with Crippen LogP contribution in [-0.2, 0) is 12.0 Å².